The molecule has 1 aliphatic carbocycles. The topological polar surface area (TPSA) is 21.3 Å². The molecule has 0 aromatic heterocycles. The second-order valence-corrected chi connectivity index (χ2v) is 5.11. The van der Waals surface area contributed by atoms with Crippen LogP contribution in [0, 0.1) is 0 Å². The van der Waals surface area contributed by atoms with Crippen LogP contribution in [0.4, 0.5) is 0 Å². The van der Waals surface area contributed by atoms with Gasteiger partial charge in [0.2, 0.25) is 0 Å². The molecule has 0 spiro atoms. The van der Waals surface area contributed by atoms with Gasteiger partial charge < -0.3 is 10.1 Å². The summed E-state index contributed by atoms with van der Waals surface area (Å²) in [5.74, 6) is 1.06. The molecule has 1 unspecified atom stereocenters. The Balaban J connectivity index is 2.14. The van der Waals surface area contributed by atoms with E-state index in [1.807, 2.05) is 14.0 Å². The Bertz CT molecular complexity index is 425. The van der Waals surface area contributed by atoms with Gasteiger partial charge in [0.05, 0.1) is 6.61 Å². The van der Waals surface area contributed by atoms with Crippen molar-refractivity contribution in [3.63, 3.8) is 0 Å². The molecule has 18 heavy (non-hydrogen) atoms. The third-order valence-electron chi connectivity index (χ3n) is 3.60. The van der Waals surface area contributed by atoms with Crippen LogP contribution in [0.1, 0.15) is 43.4 Å². The summed E-state index contributed by atoms with van der Waals surface area (Å²) in [6, 6.07) is 6.90. The SMILES string of the molecule is C=C(C)CCOc1cccc2c1CCCC2NC. The van der Waals surface area contributed by atoms with E-state index in [0.29, 0.717) is 6.04 Å². The van der Waals surface area contributed by atoms with E-state index >= 15 is 0 Å². The largest absolute Gasteiger partial charge is 0.493 e. The number of fused-ring (bicyclic) bond motifs is 1. The highest BCUT2D eigenvalue weighted by Gasteiger charge is 2.21. The van der Waals surface area contributed by atoms with Crippen molar-refractivity contribution in [3.8, 4) is 5.75 Å². The zero-order chi connectivity index (χ0) is 13.0. The van der Waals surface area contributed by atoms with Crippen LogP contribution in [-0.4, -0.2) is 13.7 Å². The molecule has 0 fully saturated rings. The Hall–Kier alpha value is -1.28. The van der Waals surface area contributed by atoms with E-state index in [-0.39, 0.29) is 0 Å². The molecule has 2 heteroatoms. The molecule has 0 radical (unpaired) electrons. The average molecular weight is 245 g/mol. The second kappa shape index (κ2) is 6.05. The fraction of sp³-hybridized carbons (Fsp3) is 0.500. The van der Waals surface area contributed by atoms with E-state index in [1.54, 1.807) is 0 Å². The van der Waals surface area contributed by atoms with Crippen LogP contribution in [0.2, 0.25) is 0 Å². The van der Waals surface area contributed by atoms with E-state index in [2.05, 4.69) is 30.1 Å². The van der Waals surface area contributed by atoms with Gasteiger partial charge in [0.1, 0.15) is 5.75 Å². The van der Waals surface area contributed by atoms with Gasteiger partial charge in [0.25, 0.3) is 0 Å². The highest BCUT2D eigenvalue weighted by Crippen LogP contribution is 2.35. The normalized spacial score (nSPS) is 18.2. The first kappa shape index (κ1) is 13.2. The van der Waals surface area contributed by atoms with Gasteiger partial charge in [0, 0.05) is 12.5 Å². The minimum absolute atomic E-state index is 0.485. The van der Waals surface area contributed by atoms with E-state index in [1.165, 1.54) is 29.5 Å². The van der Waals surface area contributed by atoms with Gasteiger partial charge in [-0.2, -0.15) is 0 Å². The average Bonchev–Trinajstić information content (AvgIpc) is 2.38. The molecule has 0 saturated heterocycles. The van der Waals surface area contributed by atoms with Crippen molar-refractivity contribution in [1.29, 1.82) is 0 Å². The highest BCUT2D eigenvalue weighted by molar-refractivity contribution is 5.43. The molecule has 2 rings (SSSR count). The Labute approximate surface area is 110 Å². The molecule has 0 bridgehead atoms. The highest BCUT2D eigenvalue weighted by atomic mass is 16.5. The number of ether oxygens (including phenoxy) is 1. The van der Waals surface area contributed by atoms with Crippen LogP contribution in [0.3, 0.4) is 0 Å². The van der Waals surface area contributed by atoms with Crippen LogP contribution in [0.5, 0.6) is 5.75 Å². The standard InChI is InChI=1S/C16H23NO/c1-12(2)10-11-18-16-9-5-6-13-14(16)7-4-8-15(13)17-3/h5-6,9,15,17H,1,4,7-8,10-11H2,2-3H3. The van der Waals surface area contributed by atoms with Gasteiger partial charge in [-0.25, -0.2) is 0 Å². The van der Waals surface area contributed by atoms with E-state index in [4.69, 9.17) is 4.74 Å². The monoisotopic (exact) mass is 245 g/mol. The molecule has 0 heterocycles. The third-order valence-corrected chi connectivity index (χ3v) is 3.60. The summed E-state index contributed by atoms with van der Waals surface area (Å²) in [5.41, 5.74) is 3.98. The maximum atomic E-state index is 5.92. The smallest absolute Gasteiger partial charge is 0.122 e. The van der Waals surface area contributed by atoms with Crippen molar-refractivity contribution in [1.82, 2.24) is 5.32 Å². The molecule has 0 aliphatic heterocycles. The number of benzene rings is 1. The molecule has 1 aliphatic rings. The van der Waals surface area contributed by atoms with Crippen LogP contribution >= 0.6 is 0 Å². The van der Waals surface area contributed by atoms with Crippen LogP contribution in [-0.2, 0) is 6.42 Å². The molecule has 1 N–H and O–H groups in total. The third kappa shape index (κ3) is 2.94. The Morgan fingerprint density at radius 3 is 3.06 bits per heavy atom. The van der Waals surface area contributed by atoms with Gasteiger partial charge >= 0.3 is 0 Å². The molecule has 2 nitrogen and oxygen atoms in total. The first-order chi connectivity index (χ1) is 8.72. The molecule has 98 valence electrons. The molecule has 0 amide bonds. The van der Waals surface area contributed by atoms with E-state index < -0.39 is 0 Å². The summed E-state index contributed by atoms with van der Waals surface area (Å²) in [4.78, 5) is 0. The number of rotatable bonds is 5. The lowest BCUT2D eigenvalue weighted by Crippen LogP contribution is -2.22. The van der Waals surface area contributed by atoms with Gasteiger partial charge in [-0.3, -0.25) is 0 Å². The molecule has 0 saturated carbocycles. The molecular weight excluding hydrogens is 222 g/mol. The molecule has 1 aromatic rings. The molecule has 1 aromatic carbocycles. The maximum absolute atomic E-state index is 5.92. The maximum Gasteiger partial charge on any atom is 0.122 e. The minimum atomic E-state index is 0.485. The van der Waals surface area contributed by atoms with Crippen LogP contribution in [0.25, 0.3) is 0 Å². The Kier molecular flexibility index (Phi) is 4.43. The fourth-order valence-electron chi connectivity index (χ4n) is 2.59. The van der Waals surface area contributed by atoms with Crippen molar-refractivity contribution in [2.75, 3.05) is 13.7 Å². The summed E-state index contributed by atoms with van der Waals surface area (Å²) in [5, 5.41) is 3.39. The van der Waals surface area contributed by atoms with Gasteiger partial charge in [0.15, 0.2) is 0 Å². The Morgan fingerprint density at radius 2 is 2.33 bits per heavy atom. The van der Waals surface area contributed by atoms with Crippen molar-refractivity contribution in [2.24, 2.45) is 0 Å². The van der Waals surface area contributed by atoms with Crippen LogP contribution < -0.4 is 10.1 Å². The summed E-state index contributed by atoms with van der Waals surface area (Å²) in [6.45, 7) is 6.68. The zero-order valence-corrected chi connectivity index (χ0v) is 11.5. The van der Waals surface area contributed by atoms with Gasteiger partial charge in [-0.1, -0.05) is 17.7 Å². The van der Waals surface area contributed by atoms with Crippen molar-refractivity contribution < 1.29 is 4.74 Å². The first-order valence-corrected chi connectivity index (χ1v) is 6.78. The fourth-order valence-corrected chi connectivity index (χ4v) is 2.59. The number of hydrogen-bond donors (Lipinski definition) is 1. The van der Waals surface area contributed by atoms with E-state index in [9.17, 15) is 0 Å². The predicted molar refractivity (Wildman–Crippen MR) is 76.1 cm³/mol. The lowest BCUT2D eigenvalue weighted by atomic mass is 9.87. The van der Waals surface area contributed by atoms with Gasteiger partial charge in [-0.15, -0.1) is 6.58 Å². The quantitative estimate of drug-likeness (QED) is 0.800. The number of nitrogens with one attached hydrogen (secondary N) is 1. The first-order valence-electron chi connectivity index (χ1n) is 6.78. The minimum Gasteiger partial charge on any atom is -0.493 e. The summed E-state index contributed by atoms with van der Waals surface area (Å²) >= 11 is 0. The lowest BCUT2D eigenvalue weighted by molar-refractivity contribution is 0.315. The molecular formula is C16H23NO. The number of hydrogen-bond acceptors (Lipinski definition) is 2. The second-order valence-electron chi connectivity index (χ2n) is 5.11. The van der Waals surface area contributed by atoms with Crippen LogP contribution in [0.15, 0.2) is 30.4 Å². The summed E-state index contributed by atoms with van der Waals surface area (Å²) in [6.07, 6.45) is 4.52. The van der Waals surface area contributed by atoms with Crippen molar-refractivity contribution >= 4 is 0 Å². The van der Waals surface area contributed by atoms with E-state index in [0.717, 1.165) is 25.2 Å². The van der Waals surface area contributed by atoms with Crippen molar-refractivity contribution in [2.45, 2.75) is 38.6 Å². The zero-order valence-electron chi connectivity index (χ0n) is 11.5. The summed E-state index contributed by atoms with van der Waals surface area (Å²) in [7, 11) is 2.04. The molecule has 1 atom stereocenters. The lowest BCUT2D eigenvalue weighted by Gasteiger charge is -2.26. The predicted octanol–water partition coefficient (Wildman–Crippen LogP) is 3.63. The van der Waals surface area contributed by atoms with Gasteiger partial charge in [-0.05, 0) is 50.4 Å². The summed E-state index contributed by atoms with van der Waals surface area (Å²) < 4.78 is 5.92. The Morgan fingerprint density at radius 1 is 1.50 bits per heavy atom. The van der Waals surface area contributed by atoms with Crippen molar-refractivity contribution in [3.05, 3.63) is 41.5 Å².